The minimum atomic E-state index is -2.32. The van der Waals surface area contributed by atoms with Gasteiger partial charge in [0.15, 0.2) is 18.1 Å². The highest BCUT2D eigenvalue weighted by Gasteiger charge is 2.53. The number of nitrogens with zero attached hydrogens (tertiary/aromatic N) is 1. The van der Waals surface area contributed by atoms with Crippen molar-refractivity contribution in [2.75, 3.05) is 38.2 Å². The maximum absolute atomic E-state index is 15.0. The van der Waals surface area contributed by atoms with Gasteiger partial charge in [-0.2, -0.15) is 0 Å². The third-order valence-corrected chi connectivity index (χ3v) is 13.8. The molecular formula is C49H63N13O16. The van der Waals surface area contributed by atoms with Crippen LogP contribution in [0.5, 0.6) is 5.75 Å². The second-order valence-corrected chi connectivity index (χ2v) is 19.0. The molecule has 4 aliphatic heterocycles. The van der Waals surface area contributed by atoms with E-state index in [1.165, 1.54) is 30.3 Å². The predicted molar refractivity (Wildman–Crippen MR) is 271 cm³/mol. The van der Waals surface area contributed by atoms with E-state index in [0.29, 0.717) is 5.56 Å². The fourth-order valence-electron chi connectivity index (χ4n) is 9.38. The monoisotopic (exact) mass is 1090 g/mol. The lowest BCUT2D eigenvalue weighted by molar-refractivity contribution is -0.260. The van der Waals surface area contributed by atoms with E-state index in [2.05, 4.69) is 53.2 Å². The highest BCUT2D eigenvalue weighted by atomic mass is 16.6. The van der Waals surface area contributed by atoms with Gasteiger partial charge in [-0.1, -0.05) is 61.5 Å². The standard InChI is InChI=1S/C49H63N13O16/c1-21(23-8-4-2-5-9-23)33-44(75)56-26(15-22-12-13-30(65)25(14-22)55-41(72)24-10-6-3-7-11-24)43(74)60-34(36(67)27-16-53-48(50)58-27)46(77)61-35(45(76)57-28(19-63)42(73)52-18-32(66)59-33)37(68)29-17-54-49(51)62(29)47-40(71)39(70)38(69)31(20-64)78-47/h2-14,21,26-29,31,33-40,47,63-65,67-71H,15-20H2,1H3,(H2,51,54)(H,52,73)(H,55,72)(H,56,75)(H,57,76)(H,59,66)(H,60,74)(H,61,77)(H3,50,53,58). The normalized spacial score (nSPS) is 29.8. The quantitative estimate of drug-likeness (QED) is 0.0707. The molecule has 4 fully saturated rings. The number of amides is 7. The number of phenolic OH excluding ortho intramolecular Hbond substituents is 1. The molecule has 15 unspecified atom stereocenters. The molecule has 0 radical (unpaired) electrons. The van der Waals surface area contributed by atoms with E-state index < -0.39 is 171 Å². The lowest BCUT2D eigenvalue weighted by atomic mass is 9.92. The summed E-state index contributed by atoms with van der Waals surface area (Å²) in [6, 6.07) is 7.68. The van der Waals surface area contributed by atoms with Gasteiger partial charge >= 0.3 is 0 Å². The van der Waals surface area contributed by atoms with Crippen LogP contribution < -0.4 is 53.2 Å². The molecule has 4 aliphatic rings. The Hall–Kier alpha value is -8.03. The number of anilines is 1. The van der Waals surface area contributed by atoms with Gasteiger partial charge in [0.25, 0.3) is 5.91 Å². The largest absolute Gasteiger partial charge is 0.506 e. The maximum Gasteiger partial charge on any atom is 0.255 e. The van der Waals surface area contributed by atoms with Crippen LogP contribution in [0.4, 0.5) is 5.69 Å². The topological polar surface area (TPSA) is 462 Å². The molecule has 3 aromatic rings. The van der Waals surface area contributed by atoms with Gasteiger partial charge in [-0.25, -0.2) is 0 Å². The van der Waals surface area contributed by atoms with Crippen molar-refractivity contribution in [3.63, 3.8) is 0 Å². The molecule has 0 aromatic heterocycles. The highest BCUT2D eigenvalue weighted by molar-refractivity contribution is 6.05. The first-order valence-electron chi connectivity index (χ1n) is 24.7. The van der Waals surface area contributed by atoms with Gasteiger partial charge in [0.1, 0.15) is 72.6 Å². The third kappa shape index (κ3) is 13.2. The number of ether oxygens (including phenoxy) is 1. The molecule has 4 heterocycles. The summed E-state index contributed by atoms with van der Waals surface area (Å²) in [5.74, 6) is -9.91. The number of phenols is 1. The fraction of sp³-hybridized carbons (Fsp3) is 0.449. The molecule has 15 atom stereocenters. The van der Waals surface area contributed by atoms with E-state index in [0.717, 1.165) is 4.90 Å². The Labute approximate surface area is 444 Å². The molecule has 29 heteroatoms. The van der Waals surface area contributed by atoms with Crippen LogP contribution in [0.2, 0.25) is 0 Å². The lowest BCUT2D eigenvalue weighted by Gasteiger charge is -2.46. The zero-order valence-corrected chi connectivity index (χ0v) is 41.7. The van der Waals surface area contributed by atoms with Gasteiger partial charge in [0.2, 0.25) is 35.4 Å². The molecular weight excluding hydrogens is 1030 g/mol. The number of carbonyl (C=O) groups excluding carboxylic acids is 7. The Morgan fingerprint density at radius 3 is 1.97 bits per heavy atom. The van der Waals surface area contributed by atoms with E-state index in [1.54, 1.807) is 55.5 Å². The Morgan fingerprint density at radius 2 is 1.32 bits per heavy atom. The number of benzene rings is 3. The Balaban J connectivity index is 1.29. The summed E-state index contributed by atoms with van der Waals surface area (Å²) in [4.78, 5) is 100. The van der Waals surface area contributed by atoms with Crippen LogP contribution in [0.25, 0.3) is 0 Å². The summed E-state index contributed by atoms with van der Waals surface area (Å²) in [6.07, 6.45) is -14.0. The molecule has 29 nitrogen and oxygen atoms in total. The summed E-state index contributed by atoms with van der Waals surface area (Å²) in [5.41, 5.74) is 0.839. The second kappa shape index (κ2) is 25.4. The molecule has 78 heavy (non-hydrogen) atoms. The summed E-state index contributed by atoms with van der Waals surface area (Å²) in [6.45, 7) is -1.99. The van der Waals surface area contributed by atoms with Crippen molar-refractivity contribution in [2.45, 2.75) is 104 Å². The van der Waals surface area contributed by atoms with Crippen LogP contribution >= 0.6 is 0 Å². The number of guanidine groups is 2. The SMILES string of the molecule is CC(c1ccccc1)C1NC(=O)CNC(=O)C(CO)NC(=O)C(C(O)C2CNC(=N)N2C2OC(CO)C(O)C(O)C2O)NC(=O)C(C(O)C2CNC(=N)N2)NC(=O)C(Cc2ccc(O)c(NC(=O)c3ccccc3)c2)NC1=O. The molecule has 7 amide bonds. The molecule has 0 bridgehead atoms. The van der Waals surface area contributed by atoms with Gasteiger partial charge in [-0.05, 0) is 35.4 Å². The van der Waals surface area contributed by atoms with E-state index in [-0.39, 0.29) is 35.1 Å². The number of aliphatic hydroxyl groups is 7. The summed E-state index contributed by atoms with van der Waals surface area (Å²) < 4.78 is 5.66. The van der Waals surface area contributed by atoms with E-state index in [4.69, 9.17) is 15.6 Å². The Bertz CT molecular complexity index is 2710. The zero-order chi connectivity index (χ0) is 56.5. The molecule has 7 rings (SSSR count). The molecule has 420 valence electrons. The summed E-state index contributed by atoms with van der Waals surface area (Å²) >= 11 is 0. The van der Waals surface area contributed by atoms with E-state index >= 15 is 0 Å². The fourth-order valence-corrected chi connectivity index (χ4v) is 9.38. The number of aliphatic hydroxyl groups excluding tert-OH is 7. The zero-order valence-electron chi connectivity index (χ0n) is 41.7. The first kappa shape index (κ1) is 57.7. The summed E-state index contributed by atoms with van der Waals surface area (Å²) in [7, 11) is 0. The number of aromatic hydroxyl groups is 1. The number of nitrogens with one attached hydrogen (secondary N) is 12. The number of carbonyl (C=O) groups is 7. The highest BCUT2D eigenvalue weighted by Crippen LogP contribution is 2.29. The summed E-state index contributed by atoms with van der Waals surface area (Å²) in [5, 5.41) is 129. The van der Waals surface area contributed by atoms with Crippen molar-refractivity contribution >= 4 is 59.0 Å². The maximum atomic E-state index is 15.0. The molecule has 0 aliphatic carbocycles. The molecule has 4 saturated heterocycles. The van der Waals surface area contributed by atoms with Gasteiger partial charge in [0, 0.05) is 31.0 Å². The van der Waals surface area contributed by atoms with E-state index in [1.807, 2.05) is 0 Å². The minimum Gasteiger partial charge on any atom is -0.506 e. The lowest BCUT2D eigenvalue weighted by Crippen LogP contribution is -2.69. The smallest absolute Gasteiger partial charge is 0.255 e. The van der Waals surface area contributed by atoms with Gasteiger partial charge in [0.05, 0.1) is 37.5 Å². The predicted octanol–water partition coefficient (Wildman–Crippen LogP) is -7.24. The van der Waals surface area contributed by atoms with E-state index in [9.17, 15) is 74.4 Å². The molecule has 0 spiro atoms. The van der Waals surface area contributed by atoms with Crippen LogP contribution in [0.1, 0.15) is 34.3 Å². The van der Waals surface area contributed by atoms with Crippen molar-refractivity contribution in [3.05, 3.63) is 95.6 Å². The number of hydrogen-bond donors (Lipinski definition) is 20. The van der Waals surface area contributed by atoms with Gasteiger partial charge in [-0.3, -0.25) is 44.4 Å². The third-order valence-electron chi connectivity index (χ3n) is 13.8. The number of rotatable bonds is 13. The van der Waals surface area contributed by atoms with Crippen LogP contribution in [-0.4, -0.2) is 217 Å². The Kier molecular flexibility index (Phi) is 18.8. The van der Waals surface area contributed by atoms with Crippen LogP contribution in [0.3, 0.4) is 0 Å². The molecule has 3 aromatic carbocycles. The van der Waals surface area contributed by atoms with Crippen LogP contribution in [-0.2, 0) is 39.9 Å². The van der Waals surface area contributed by atoms with Crippen molar-refractivity contribution in [3.8, 4) is 5.75 Å². The first-order valence-corrected chi connectivity index (χ1v) is 24.7. The molecule has 20 N–H and O–H groups in total. The van der Waals surface area contributed by atoms with Crippen molar-refractivity contribution in [1.29, 1.82) is 10.8 Å². The van der Waals surface area contributed by atoms with Crippen molar-refractivity contribution < 1.29 is 79.2 Å². The molecule has 0 saturated carbocycles. The van der Waals surface area contributed by atoms with Crippen LogP contribution in [0.15, 0.2) is 78.9 Å². The van der Waals surface area contributed by atoms with Gasteiger partial charge in [-0.15, -0.1) is 0 Å². The van der Waals surface area contributed by atoms with Crippen molar-refractivity contribution in [2.24, 2.45) is 0 Å². The first-order chi connectivity index (χ1) is 37.2. The second-order valence-electron chi connectivity index (χ2n) is 19.0. The van der Waals surface area contributed by atoms with Crippen molar-refractivity contribution in [1.82, 2.24) is 52.8 Å². The van der Waals surface area contributed by atoms with Gasteiger partial charge < -0.3 is 104 Å². The average Bonchev–Trinajstić information content (AvgIpc) is 4.07. The minimum absolute atomic E-state index is 0.114. The Morgan fingerprint density at radius 1 is 0.692 bits per heavy atom. The average molecular weight is 1090 g/mol. The van der Waals surface area contributed by atoms with Crippen LogP contribution in [0, 0.1) is 10.8 Å². The number of hydrogen-bond acceptors (Lipinski definition) is 18.